The van der Waals surface area contributed by atoms with Crippen LogP contribution < -0.4 is 10.3 Å². The predicted molar refractivity (Wildman–Crippen MR) is 119 cm³/mol. The van der Waals surface area contributed by atoms with Crippen molar-refractivity contribution < 1.29 is 9.21 Å². The molecule has 1 aromatic heterocycles. The minimum atomic E-state index is -0.632. The SMILES string of the molecule is Cc1ccc(N2C(=O)c3oc4ccc(Cl)cc4c(=O)c3C2c2ccccc2)cc1Cl. The Balaban J connectivity index is 1.82. The molecule has 1 amide bonds. The lowest BCUT2D eigenvalue weighted by Gasteiger charge is -2.25. The molecular weight excluding hydrogens is 421 g/mol. The largest absolute Gasteiger partial charge is 0.450 e. The molecule has 0 aliphatic carbocycles. The highest BCUT2D eigenvalue weighted by molar-refractivity contribution is 6.32. The Hall–Kier alpha value is -3.08. The van der Waals surface area contributed by atoms with Crippen LogP contribution >= 0.6 is 23.2 Å². The molecule has 0 bridgehead atoms. The van der Waals surface area contributed by atoms with Crippen LogP contribution in [-0.4, -0.2) is 5.91 Å². The number of anilines is 1. The average Bonchev–Trinajstić information content (AvgIpc) is 3.04. The van der Waals surface area contributed by atoms with Gasteiger partial charge in [-0.05, 0) is 48.4 Å². The second-order valence-electron chi connectivity index (χ2n) is 7.24. The molecule has 0 N–H and O–H groups in total. The molecule has 0 fully saturated rings. The summed E-state index contributed by atoms with van der Waals surface area (Å²) in [6.07, 6.45) is 0. The Morgan fingerprint density at radius 3 is 2.43 bits per heavy atom. The number of amides is 1. The normalized spacial score (nSPS) is 15.6. The monoisotopic (exact) mass is 435 g/mol. The van der Waals surface area contributed by atoms with Gasteiger partial charge in [0.1, 0.15) is 5.58 Å². The van der Waals surface area contributed by atoms with Gasteiger partial charge in [0.2, 0.25) is 5.76 Å². The summed E-state index contributed by atoms with van der Waals surface area (Å²) in [5, 5.41) is 1.32. The van der Waals surface area contributed by atoms with E-state index in [1.54, 1.807) is 29.2 Å². The highest BCUT2D eigenvalue weighted by Gasteiger charge is 2.43. The fourth-order valence-electron chi connectivity index (χ4n) is 3.89. The number of carbonyl (C=O) groups is 1. The lowest BCUT2D eigenvalue weighted by molar-refractivity contribution is 0.0971. The third-order valence-electron chi connectivity index (χ3n) is 5.38. The molecule has 1 unspecified atom stereocenters. The van der Waals surface area contributed by atoms with Crippen molar-refractivity contribution in [1.82, 2.24) is 0 Å². The first-order valence-corrected chi connectivity index (χ1v) is 10.1. The summed E-state index contributed by atoms with van der Waals surface area (Å²) >= 11 is 12.4. The van der Waals surface area contributed by atoms with Gasteiger partial charge in [0, 0.05) is 15.7 Å². The number of aryl methyl sites for hydroxylation is 1. The van der Waals surface area contributed by atoms with E-state index in [0.717, 1.165) is 11.1 Å². The van der Waals surface area contributed by atoms with Crippen molar-refractivity contribution in [1.29, 1.82) is 0 Å². The Morgan fingerprint density at radius 2 is 1.70 bits per heavy atom. The van der Waals surface area contributed by atoms with E-state index in [-0.39, 0.29) is 17.1 Å². The van der Waals surface area contributed by atoms with Crippen LogP contribution in [0, 0.1) is 6.92 Å². The van der Waals surface area contributed by atoms with Crippen molar-refractivity contribution in [3.8, 4) is 0 Å². The van der Waals surface area contributed by atoms with E-state index in [2.05, 4.69) is 0 Å². The fraction of sp³-hybridized carbons (Fsp3) is 0.0833. The molecule has 1 aliphatic rings. The second kappa shape index (κ2) is 7.01. The number of hydrogen-bond acceptors (Lipinski definition) is 3. The van der Waals surface area contributed by atoms with E-state index in [1.165, 1.54) is 0 Å². The van der Waals surface area contributed by atoms with Gasteiger partial charge in [-0.2, -0.15) is 0 Å². The maximum atomic E-state index is 13.5. The van der Waals surface area contributed by atoms with Crippen LogP contribution in [0.4, 0.5) is 5.69 Å². The summed E-state index contributed by atoms with van der Waals surface area (Å²) in [4.78, 5) is 28.5. The summed E-state index contributed by atoms with van der Waals surface area (Å²) in [5.41, 5.74) is 2.66. The number of rotatable bonds is 2. The van der Waals surface area contributed by atoms with Gasteiger partial charge in [-0.3, -0.25) is 14.5 Å². The number of hydrogen-bond donors (Lipinski definition) is 0. The van der Waals surface area contributed by atoms with E-state index >= 15 is 0 Å². The van der Waals surface area contributed by atoms with Crippen molar-refractivity contribution in [3.63, 3.8) is 0 Å². The van der Waals surface area contributed by atoms with Gasteiger partial charge in [-0.15, -0.1) is 0 Å². The Kier molecular flexibility index (Phi) is 4.42. The zero-order valence-electron chi connectivity index (χ0n) is 15.9. The number of halogens is 2. The van der Waals surface area contributed by atoms with Crippen LogP contribution in [0.1, 0.15) is 33.3 Å². The number of nitrogens with zero attached hydrogens (tertiary/aromatic N) is 1. The quantitative estimate of drug-likeness (QED) is 0.378. The van der Waals surface area contributed by atoms with Gasteiger partial charge >= 0.3 is 0 Å². The zero-order valence-corrected chi connectivity index (χ0v) is 17.4. The molecule has 1 atom stereocenters. The third-order valence-corrected chi connectivity index (χ3v) is 6.02. The van der Waals surface area contributed by atoms with Crippen LogP contribution in [0.25, 0.3) is 11.0 Å². The van der Waals surface area contributed by atoms with Crippen molar-refractivity contribution in [2.24, 2.45) is 0 Å². The molecule has 0 saturated carbocycles. The molecular formula is C24H15Cl2NO3. The maximum Gasteiger partial charge on any atom is 0.295 e. The zero-order chi connectivity index (χ0) is 21.0. The Bertz CT molecular complexity index is 1380. The van der Waals surface area contributed by atoms with E-state index in [1.807, 2.05) is 49.4 Å². The lowest BCUT2D eigenvalue weighted by Crippen LogP contribution is -2.29. The Morgan fingerprint density at radius 1 is 0.933 bits per heavy atom. The van der Waals surface area contributed by atoms with Gasteiger partial charge in [0.25, 0.3) is 5.91 Å². The van der Waals surface area contributed by atoms with Gasteiger partial charge in [-0.25, -0.2) is 0 Å². The van der Waals surface area contributed by atoms with Crippen LogP contribution in [0.15, 0.2) is 75.9 Å². The molecule has 6 heteroatoms. The first-order valence-electron chi connectivity index (χ1n) is 9.36. The van der Waals surface area contributed by atoms with Crippen LogP contribution in [0.2, 0.25) is 10.0 Å². The molecule has 4 nitrogen and oxygen atoms in total. The minimum absolute atomic E-state index is 0.0420. The average molecular weight is 436 g/mol. The van der Waals surface area contributed by atoms with Gasteiger partial charge < -0.3 is 4.42 Å². The molecule has 1 aliphatic heterocycles. The topological polar surface area (TPSA) is 50.5 Å². The van der Waals surface area contributed by atoms with E-state index in [9.17, 15) is 9.59 Å². The van der Waals surface area contributed by atoms with E-state index in [0.29, 0.717) is 32.3 Å². The molecule has 30 heavy (non-hydrogen) atoms. The molecule has 148 valence electrons. The highest BCUT2D eigenvalue weighted by Crippen LogP contribution is 2.42. The Labute approximate surface area is 182 Å². The van der Waals surface area contributed by atoms with Crippen LogP contribution in [0.5, 0.6) is 0 Å². The summed E-state index contributed by atoms with van der Waals surface area (Å²) in [6.45, 7) is 1.89. The van der Waals surface area contributed by atoms with Crippen molar-refractivity contribution in [3.05, 3.63) is 109 Å². The van der Waals surface area contributed by atoms with Gasteiger partial charge in [0.15, 0.2) is 5.43 Å². The van der Waals surface area contributed by atoms with E-state index < -0.39 is 6.04 Å². The lowest BCUT2D eigenvalue weighted by atomic mass is 9.98. The fourth-order valence-corrected chi connectivity index (χ4v) is 4.24. The number of fused-ring (bicyclic) bond motifs is 2. The predicted octanol–water partition coefficient (Wildman–Crippen LogP) is 6.16. The molecule has 5 rings (SSSR count). The first kappa shape index (κ1) is 18.9. The third kappa shape index (κ3) is 2.83. The molecule has 2 heterocycles. The molecule has 0 radical (unpaired) electrons. The number of carbonyl (C=O) groups excluding carboxylic acids is 1. The summed E-state index contributed by atoms with van der Waals surface area (Å²) in [7, 11) is 0. The van der Waals surface area contributed by atoms with Crippen molar-refractivity contribution >= 4 is 45.8 Å². The first-order chi connectivity index (χ1) is 14.5. The van der Waals surface area contributed by atoms with Crippen LogP contribution in [-0.2, 0) is 0 Å². The number of benzene rings is 3. The molecule has 0 saturated heterocycles. The molecule has 3 aromatic carbocycles. The molecule has 4 aromatic rings. The van der Waals surface area contributed by atoms with Gasteiger partial charge in [0.05, 0.1) is 17.0 Å². The highest BCUT2D eigenvalue weighted by atomic mass is 35.5. The van der Waals surface area contributed by atoms with Crippen molar-refractivity contribution in [2.75, 3.05) is 4.90 Å². The standard InChI is InChI=1S/C24H15Cl2NO3/c1-13-7-9-16(12-18(13)26)27-21(14-5-3-2-4-6-14)20-22(28)17-11-15(25)8-10-19(17)30-23(20)24(27)29/h2-12,21H,1H3. The minimum Gasteiger partial charge on any atom is -0.450 e. The maximum absolute atomic E-state index is 13.5. The summed E-state index contributed by atoms with van der Waals surface area (Å²) in [6, 6.07) is 19.0. The second-order valence-corrected chi connectivity index (χ2v) is 8.08. The summed E-state index contributed by atoms with van der Waals surface area (Å²) in [5.74, 6) is -0.340. The smallest absolute Gasteiger partial charge is 0.295 e. The van der Waals surface area contributed by atoms with Crippen LogP contribution in [0.3, 0.4) is 0 Å². The summed E-state index contributed by atoms with van der Waals surface area (Å²) < 4.78 is 5.93. The van der Waals surface area contributed by atoms with Gasteiger partial charge in [-0.1, -0.05) is 59.6 Å². The molecule has 0 spiro atoms. The van der Waals surface area contributed by atoms with Crippen molar-refractivity contribution in [2.45, 2.75) is 13.0 Å². The van der Waals surface area contributed by atoms with E-state index in [4.69, 9.17) is 27.6 Å².